The smallest absolute Gasteiger partial charge is 0.274 e. The molecule has 0 aliphatic carbocycles. The molecule has 110 valence electrons. The summed E-state index contributed by atoms with van der Waals surface area (Å²) in [5.41, 5.74) is 5.04. The van der Waals surface area contributed by atoms with E-state index in [0.29, 0.717) is 5.69 Å². The Balaban J connectivity index is 2.04. The summed E-state index contributed by atoms with van der Waals surface area (Å²) in [6.45, 7) is 8.10. The van der Waals surface area contributed by atoms with E-state index in [9.17, 15) is 4.79 Å². The Kier molecular flexibility index (Phi) is 4.16. The predicted molar refractivity (Wildman–Crippen MR) is 83.7 cm³/mol. The summed E-state index contributed by atoms with van der Waals surface area (Å²) in [7, 11) is 0. The zero-order chi connectivity index (χ0) is 15.5. The van der Waals surface area contributed by atoms with Crippen molar-refractivity contribution in [2.24, 2.45) is 5.10 Å². The molecule has 0 radical (unpaired) electrons. The second kappa shape index (κ2) is 5.87. The van der Waals surface area contributed by atoms with Crippen LogP contribution in [-0.2, 0) is 5.41 Å². The normalized spacial score (nSPS) is 11.8. The van der Waals surface area contributed by atoms with E-state index in [0.717, 1.165) is 5.56 Å². The summed E-state index contributed by atoms with van der Waals surface area (Å²) in [6.07, 6.45) is 1.66. The van der Waals surface area contributed by atoms with E-state index in [1.54, 1.807) is 13.1 Å². The van der Waals surface area contributed by atoms with Gasteiger partial charge in [0.2, 0.25) is 5.95 Å². The first kappa shape index (κ1) is 14.9. The first-order valence-corrected chi connectivity index (χ1v) is 6.69. The van der Waals surface area contributed by atoms with Crippen LogP contribution < -0.4 is 11.0 Å². The van der Waals surface area contributed by atoms with Gasteiger partial charge < -0.3 is 0 Å². The van der Waals surface area contributed by atoms with Crippen molar-refractivity contribution in [3.63, 3.8) is 0 Å². The second-order valence-corrected chi connectivity index (χ2v) is 5.83. The quantitative estimate of drug-likeness (QED) is 0.669. The third kappa shape index (κ3) is 3.98. The van der Waals surface area contributed by atoms with E-state index in [4.69, 9.17) is 0 Å². The van der Waals surface area contributed by atoms with E-state index >= 15 is 0 Å². The first-order valence-electron chi connectivity index (χ1n) is 6.69. The standard InChI is InChI=1S/C15H19N5O/c1-10-13(21)17-14(20-18-10)19-16-9-11-5-7-12(8-6-11)15(2,3)4/h5-9H,1-4H3,(H2,17,19,20,21)/b16-9+. The zero-order valence-electron chi connectivity index (χ0n) is 12.6. The van der Waals surface area contributed by atoms with E-state index < -0.39 is 0 Å². The van der Waals surface area contributed by atoms with Crippen LogP contribution in [0.4, 0.5) is 5.95 Å². The van der Waals surface area contributed by atoms with Crippen molar-refractivity contribution in [2.75, 3.05) is 5.43 Å². The first-order chi connectivity index (χ1) is 9.86. The number of nitrogens with zero attached hydrogens (tertiary/aromatic N) is 3. The van der Waals surface area contributed by atoms with Gasteiger partial charge >= 0.3 is 0 Å². The average Bonchev–Trinajstić information content (AvgIpc) is 2.42. The number of rotatable bonds is 3. The molecule has 0 aliphatic rings. The fourth-order valence-corrected chi connectivity index (χ4v) is 1.68. The number of benzene rings is 1. The van der Waals surface area contributed by atoms with Gasteiger partial charge in [-0.05, 0) is 23.5 Å². The molecule has 6 nitrogen and oxygen atoms in total. The molecular weight excluding hydrogens is 266 g/mol. The van der Waals surface area contributed by atoms with Gasteiger partial charge in [-0.15, -0.1) is 10.2 Å². The van der Waals surface area contributed by atoms with E-state index in [-0.39, 0.29) is 16.9 Å². The van der Waals surface area contributed by atoms with Crippen LogP contribution in [0.2, 0.25) is 0 Å². The molecule has 0 spiro atoms. The van der Waals surface area contributed by atoms with E-state index in [2.05, 4.69) is 58.6 Å². The summed E-state index contributed by atoms with van der Waals surface area (Å²) in [5.74, 6) is 0.216. The highest BCUT2D eigenvalue weighted by atomic mass is 16.1. The van der Waals surface area contributed by atoms with Crippen molar-refractivity contribution in [2.45, 2.75) is 33.1 Å². The molecule has 2 N–H and O–H groups in total. The molecule has 0 aliphatic heterocycles. The van der Waals surface area contributed by atoms with Crippen LogP contribution >= 0.6 is 0 Å². The zero-order valence-corrected chi connectivity index (χ0v) is 12.6. The van der Waals surface area contributed by atoms with Crippen molar-refractivity contribution < 1.29 is 0 Å². The number of aryl methyl sites for hydroxylation is 1. The van der Waals surface area contributed by atoms with E-state index in [1.807, 2.05) is 12.1 Å². The molecule has 0 bridgehead atoms. The molecule has 0 saturated carbocycles. The van der Waals surface area contributed by atoms with Gasteiger partial charge in [0.25, 0.3) is 5.56 Å². The van der Waals surface area contributed by atoms with Gasteiger partial charge in [0, 0.05) is 0 Å². The number of aromatic amines is 1. The van der Waals surface area contributed by atoms with Crippen LogP contribution in [0.3, 0.4) is 0 Å². The topological polar surface area (TPSA) is 83.0 Å². The van der Waals surface area contributed by atoms with Crippen LogP contribution in [0, 0.1) is 6.92 Å². The maximum absolute atomic E-state index is 11.4. The van der Waals surface area contributed by atoms with E-state index in [1.165, 1.54) is 5.56 Å². The van der Waals surface area contributed by atoms with Gasteiger partial charge in [0.1, 0.15) is 5.69 Å². The molecule has 0 amide bonds. The average molecular weight is 285 g/mol. The maximum atomic E-state index is 11.4. The van der Waals surface area contributed by atoms with Gasteiger partial charge in [-0.3, -0.25) is 9.78 Å². The predicted octanol–water partition coefficient (Wildman–Crippen LogP) is 2.22. The molecule has 0 unspecified atom stereocenters. The van der Waals surface area contributed by atoms with Crippen LogP contribution in [0.1, 0.15) is 37.6 Å². The number of hydrogen-bond donors (Lipinski definition) is 2. The Bertz CT molecular complexity index is 695. The molecule has 0 atom stereocenters. The summed E-state index contributed by atoms with van der Waals surface area (Å²) in [4.78, 5) is 13.9. The molecule has 2 rings (SSSR count). The second-order valence-electron chi connectivity index (χ2n) is 5.83. The molecule has 0 saturated heterocycles. The van der Waals surface area contributed by atoms with Crippen molar-refractivity contribution >= 4 is 12.2 Å². The minimum absolute atomic E-state index is 0.130. The van der Waals surface area contributed by atoms with Crippen LogP contribution in [0.15, 0.2) is 34.2 Å². The number of aromatic nitrogens is 3. The third-order valence-electron chi connectivity index (χ3n) is 3.02. The lowest BCUT2D eigenvalue weighted by Crippen LogP contribution is -2.15. The Morgan fingerprint density at radius 2 is 1.86 bits per heavy atom. The number of nitrogens with one attached hydrogen (secondary N) is 2. The molecule has 21 heavy (non-hydrogen) atoms. The fourth-order valence-electron chi connectivity index (χ4n) is 1.68. The number of hydrazone groups is 1. The van der Waals surface area contributed by atoms with Gasteiger partial charge in [-0.1, -0.05) is 45.0 Å². The fraction of sp³-hybridized carbons (Fsp3) is 0.333. The summed E-state index contributed by atoms with van der Waals surface area (Å²) in [5, 5.41) is 11.5. The van der Waals surface area contributed by atoms with Crippen LogP contribution in [-0.4, -0.2) is 21.4 Å². The van der Waals surface area contributed by atoms with Crippen LogP contribution in [0.25, 0.3) is 0 Å². The van der Waals surface area contributed by atoms with Gasteiger partial charge in [0.15, 0.2) is 0 Å². The highest BCUT2D eigenvalue weighted by Crippen LogP contribution is 2.21. The summed E-state index contributed by atoms with van der Waals surface area (Å²) in [6, 6.07) is 8.15. The number of H-pyrrole nitrogens is 1. The largest absolute Gasteiger partial charge is 0.288 e. The molecule has 2 aromatic rings. The Labute approximate surface area is 123 Å². The number of hydrogen-bond acceptors (Lipinski definition) is 5. The molecule has 1 aromatic carbocycles. The highest BCUT2D eigenvalue weighted by molar-refractivity contribution is 5.80. The summed E-state index contributed by atoms with van der Waals surface area (Å²) < 4.78 is 0. The molecule has 0 fully saturated rings. The minimum atomic E-state index is -0.280. The molecule has 1 aromatic heterocycles. The third-order valence-corrected chi connectivity index (χ3v) is 3.02. The molecule has 6 heteroatoms. The van der Waals surface area contributed by atoms with Crippen molar-refractivity contribution in [1.29, 1.82) is 0 Å². The number of anilines is 1. The van der Waals surface area contributed by atoms with Gasteiger partial charge in [0.05, 0.1) is 6.21 Å². The van der Waals surface area contributed by atoms with Crippen molar-refractivity contribution in [1.82, 2.24) is 15.2 Å². The van der Waals surface area contributed by atoms with Crippen LogP contribution in [0.5, 0.6) is 0 Å². The SMILES string of the molecule is Cc1nnc(N/N=C/c2ccc(C(C)(C)C)cc2)[nH]c1=O. The lowest BCUT2D eigenvalue weighted by molar-refractivity contribution is 0.590. The lowest BCUT2D eigenvalue weighted by Gasteiger charge is -2.18. The summed E-state index contributed by atoms with van der Waals surface area (Å²) >= 11 is 0. The molecular formula is C15H19N5O. The minimum Gasteiger partial charge on any atom is -0.288 e. The van der Waals surface area contributed by atoms with Crippen molar-refractivity contribution in [3.05, 3.63) is 51.4 Å². The monoisotopic (exact) mass is 285 g/mol. The van der Waals surface area contributed by atoms with Gasteiger partial charge in [-0.2, -0.15) is 5.10 Å². The van der Waals surface area contributed by atoms with Crippen molar-refractivity contribution in [3.8, 4) is 0 Å². The Hall–Kier alpha value is -2.50. The van der Waals surface area contributed by atoms with Gasteiger partial charge in [-0.25, -0.2) is 5.43 Å². The Morgan fingerprint density at radius 1 is 1.19 bits per heavy atom. The Morgan fingerprint density at radius 3 is 2.43 bits per heavy atom. The lowest BCUT2D eigenvalue weighted by atomic mass is 9.87. The maximum Gasteiger partial charge on any atom is 0.274 e. The highest BCUT2D eigenvalue weighted by Gasteiger charge is 2.12. The molecule has 1 heterocycles.